The van der Waals surface area contributed by atoms with E-state index in [9.17, 15) is 9.59 Å². The minimum absolute atomic E-state index is 0.0754. The summed E-state index contributed by atoms with van der Waals surface area (Å²) >= 11 is 0. The van der Waals surface area contributed by atoms with Crippen LogP contribution in [0.1, 0.15) is 39.5 Å². The minimum Gasteiger partial charge on any atom is -0.481 e. The topological polar surface area (TPSA) is 57.6 Å². The van der Waals surface area contributed by atoms with Gasteiger partial charge in [0.2, 0.25) is 5.91 Å². The van der Waals surface area contributed by atoms with Crippen molar-refractivity contribution in [2.24, 2.45) is 11.8 Å². The van der Waals surface area contributed by atoms with Crippen molar-refractivity contribution >= 4 is 11.9 Å². The van der Waals surface area contributed by atoms with Crippen LogP contribution in [0, 0.1) is 11.8 Å². The molecule has 16 heavy (non-hydrogen) atoms. The molecule has 1 fully saturated rings. The SMILES string of the molecule is CCC[C@H](C)C(=O)N1CCC(C(=O)O)CC1. The lowest BCUT2D eigenvalue weighted by Gasteiger charge is -2.32. The van der Waals surface area contributed by atoms with Crippen LogP contribution in [0.15, 0.2) is 0 Å². The molecule has 0 aliphatic carbocycles. The van der Waals surface area contributed by atoms with E-state index in [1.54, 1.807) is 0 Å². The summed E-state index contributed by atoms with van der Waals surface area (Å²) in [6.07, 6.45) is 3.12. The molecule has 1 aliphatic rings. The van der Waals surface area contributed by atoms with E-state index < -0.39 is 5.97 Å². The highest BCUT2D eigenvalue weighted by Gasteiger charge is 2.28. The molecule has 4 heteroatoms. The summed E-state index contributed by atoms with van der Waals surface area (Å²) in [7, 11) is 0. The molecule has 1 rings (SSSR count). The number of hydrogen-bond acceptors (Lipinski definition) is 2. The van der Waals surface area contributed by atoms with E-state index in [1.807, 2.05) is 11.8 Å². The van der Waals surface area contributed by atoms with Crippen LogP contribution in [0.2, 0.25) is 0 Å². The van der Waals surface area contributed by atoms with Crippen molar-refractivity contribution in [2.75, 3.05) is 13.1 Å². The van der Waals surface area contributed by atoms with Gasteiger partial charge in [0.1, 0.15) is 0 Å². The van der Waals surface area contributed by atoms with Gasteiger partial charge in [-0.3, -0.25) is 9.59 Å². The second kappa shape index (κ2) is 5.87. The Bertz CT molecular complexity index is 257. The van der Waals surface area contributed by atoms with Crippen molar-refractivity contribution in [3.05, 3.63) is 0 Å². The lowest BCUT2D eigenvalue weighted by Crippen LogP contribution is -2.42. The second-order valence-corrected chi connectivity index (χ2v) is 4.63. The van der Waals surface area contributed by atoms with Gasteiger partial charge < -0.3 is 10.0 Å². The average Bonchev–Trinajstić information content (AvgIpc) is 2.28. The summed E-state index contributed by atoms with van der Waals surface area (Å²) in [5.41, 5.74) is 0. The number of carbonyl (C=O) groups excluding carboxylic acids is 1. The predicted octanol–water partition coefficient (Wildman–Crippen LogP) is 1.75. The van der Waals surface area contributed by atoms with Crippen molar-refractivity contribution in [3.63, 3.8) is 0 Å². The van der Waals surface area contributed by atoms with Crippen LogP contribution >= 0.6 is 0 Å². The molecule has 0 spiro atoms. The lowest BCUT2D eigenvalue weighted by molar-refractivity contribution is -0.146. The summed E-state index contributed by atoms with van der Waals surface area (Å²) in [5.74, 6) is -0.726. The van der Waals surface area contributed by atoms with E-state index >= 15 is 0 Å². The Labute approximate surface area is 96.6 Å². The Morgan fingerprint density at radius 3 is 2.38 bits per heavy atom. The number of likely N-dealkylation sites (tertiary alicyclic amines) is 1. The smallest absolute Gasteiger partial charge is 0.306 e. The van der Waals surface area contributed by atoms with E-state index in [0.717, 1.165) is 12.8 Å². The van der Waals surface area contributed by atoms with Gasteiger partial charge in [-0.15, -0.1) is 0 Å². The van der Waals surface area contributed by atoms with E-state index in [4.69, 9.17) is 5.11 Å². The van der Waals surface area contributed by atoms with Crippen LogP contribution in [0.3, 0.4) is 0 Å². The van der Waals surface area contributed by atoms with Crippen molar-refractivity contribution in [2.45, 2.75) is 39.5 Å². The van der Waals surface area contributed by atoms with E-state index in [0.29, 0.717) is 25.9 Å². The molecule has 1 N–H and O–H groups in total. The zero-order valence-electron chi connectivity index (χ0n) is 10.1. The summed E-state index contributed by atoms with van der Waals surface area (Å²) in [6.45, 7) is 5.23. The Morgan fingerprint density at radius 2 is 1.94 bits per heavy atom. The summed E-state index contributed by atoms with van der Waals surface area (Å²) < 4.78 is 0. The van der Waals surface area contributed by atoms with Crippen molar-refractivity contribution in [3.8, 4) is 0 Å². The highest BCUT2D eigenvalue weighted by molar-refractivity contribution is 5.79. The van der Waals surface area contributed by atoms with Gasteiger partial charge in [0.05, 0.1) is 5.92 Å². The zero-order chi connectivity index (χ0) is 12.1. The molecule has 1 atom stereocenters. The zero-order valence-corrected chi connectivity index (χ0v) is 10.1. The van der Waals surface area contributed by atoms with E-state index in [1.165, 1.54) is 0 Å². The molecule has 0 radical (unpaired) electrons. The second-order valence-electron chi connectivity index (χ2n) is 4.63. The third-order valence-electron chi connectivity index (χ3n) is 3.30. The Balaban J connectivity index is 2.41. The van der Waals surface area contributed by atoms with Crippen LogP contribution in [-0.4, -0.2) is 35.0 Å². The van der Waals surface area contributed by atoms with Crippen molar-refractivity contribution in [1.29, 1.82) is 0 Å². The molecule has 0 saturated carbocycles. The minimum atomic E-state index is -0.728. The molecule has 1 saturated heterocycles. The molecular weight excluding hydrogens is 206 g/mol. The quantitative estimate of drug-likeness (QED) is 0.796. The summed E-state index contributed by atoms with van der Waals surface area (Å²) in [4.78, 5) is 24.5. The van der Waals surface area contributed by atoms with Gasteiger partial charge in [-0.05, 0) is 19.3 Å². The Kier molecular flexibility index (Phi) is 4.77. The molecule has 1 amide bonds. The first-order valence-electron chi connectivity index (χ1n) is 6.07. The normalized spacial score (nSPS) is 19.5. The molecular formula is C12H21NO3. The highest BCUT2D eigenvalue weighted by Crippen LogP contribution is 2.20. The fraction of sp³-hybridized carbons (Fsp3) is 0.833. The molecule has 0 unspecified atom stereocenters. The van der Waals surface area contributed by atoms with Crippen LogP contribution in [0.25, 0.3) is 0 Å². The van der Waals surface area contributed by atoms with E-state index in [-0.39, 0.29) is 17.7 Å². The molecule has 92 valence electrons. The number of hydrogen-bond donors (Lipinski definition) is 1. The van der Waals surface area contributed by atoms with Gasteiger partial charge in [0, 0.05) is 19.0 Å². The molecule has 1 heterocycles. The summed E-state index contributed by atoms with van der Waals surface area (Å²) in [6, 6.07) is 0. The van der Waals surface area contributed by atoms with Gasteiger partial charge in [-0.2, -0.15) is 0 Å². The van der Waals surface area contributed by atoms with Crippen LogP contribution in [-0.2, 0) is 9.59 Å². The predicted molar refractivity (Wildman–Crippen MR) is 61.0 cm³/mol. The van der Waals surface area contributed by atoms with Gasteiger partial charge in [-0.1, -0.05) is 20.3 Å². The van der Waals surface area contributed by atoms with Gasteiger partial charge in [0.15, 0.2) is 0 Å². The number of nitrogens with zero attached hydrogens (tertiary/aromatic N) is 1. The summed E-state index contributed by atoms with van der Waals surface area (Å²) in [5, 5.41) is 8.85. The number of carboxylic acid groups (broad SMARTS) is 1. The third-order valence-corrected chi connectivity index (χ3v) is 3.30. The Hall–Kier alpha value is -1.06. The van der Waals surface area contributed by atoms with Crippen LogP contribution in [0.5, 0.6) is 0 Å². The molecule has 0 aromatic heterocycles. The van der Waals surface area contributed by atoms with Gasteiger partial charge >= 0.3 is 5.97 Å². The van der Waals surface area contributed by atoms with Gasteiger partial charge in [0.25, 0.3) is 0 Å². The third kappa shape index (κ3) is 3.22. The molecule has 1 aliphatic heterocycles. The number of rotatable bonds is 4. The van der Waals surface area contributed by atoms with Crippen molar-refractivity contribution < 1.29 is 14.7 Å². The number of amides is 1. The monoisotopic (exact) mass is 227 g/mol. The number of aliphatic carboxylic acids is 1. The van der Waals surface area contributed by atoms with E-state index in [2.05, 4.69) is 6.92 Å². The molecule has 0 aromatic carbocycles. The van der Waals surface area contributed by atoms with Gasteiger partial charge in [-0.25, -0.2) is 0 Å². The van der Waals surface area contributed by atoms with Crippen LogP contribution in [0.4, 0.5) is 0 Å². The Morgan fingerprint density at radius 1 is 1.38 bits per heavy atom. The average molecular weight is 227 g/mol. The molecule has 0 aromatic rings. The maximum Gasteiger partial charge on any atom is 0.306 e. The maximum atomic E-state index is 11.9. The fourth-order valence-corrected chi connectivity index (χ4v) is 2.21. The first kappa shape index (κ1) is 13.0. The lowest BCUT2D eigenvalue weighted by atomic mass is 9.95. The van der Waals surface area contributed by atoms with Crippen LogP contribution < -0.4 is 0 Å². The van der Waals surface area contributed by atoms with Crippen molar-refractivity contribution in [1.82, 2.24) is 4.90 Å². The number of carbonyl (C=O) groups is 2. The molecule has 0 bridgehead atoms. The number of carboxylic acids is 1. The largest absolute Gasteiger partial charge is 0.481 e. The first-order valence-corrected chi connectivity index (χ1v) is 6.07. The molecule has 4 nitrogen and oxygen atoms in total. The maximum absolute atomic E-state index is 11.9. The first-order chi connectivity index (χ1) is 7.56. The standard InChI is InChI=1S/C12H21NO3/c1-3-4-9(2)11(14)13-7-5-10(6-8-13)12(15)16/h9-10H,3-8H2,1-2H3,(H,15,16)/t9-/m0/s1. The highest BCUT2D eigenvalue weighted by atomic mass is 16.4. The number of piperidine rings is 1. The fourth-order valence-electron chi connectivity index (χ4n) is 2.21.